The number of amides is 1. The van der Waals surface area contributed by atoms with Gasteiger partial charge in [-0.15, -0.1) is 11.3 Å². The Hall–Kier alpha value is -2.14. The number of unbranched alkanes of at least 4 members (excludes halogenated alkanes) is 1. The molecule has 0 radical (unpaired) electrons. The normalized spacial score (nSPS) is 10.3. The van der Waals surface area contributed by atoms with Gasteiger partial charge in [0.05, 0.1) is 11.5 Å². The van der Waals surface area contributed by atoms with Gasteiger partial charge in [-0.25, -0.2) is 0 Å². The molecular formula is C18H21NO3S. The Bertz CT molecular complexity index is 620. The molecule has 0 spiro atoms. The van der Waals surface area contributed by atoms with E-state index < -0.39 is 0 Å². The Morgan fingerprint density at radius 1 is 1.13 bits per heavy atom. The zero-order valence-corrected chi connectivity index (χ0v) is 14.0. The maximum Gasteiger partial charge on any atom is 0.224 e. The number of benzene rings is 1. The van der Waals surface area contributed by atoms with E-state index >= 15 is 0 Å². The van der Waals surface area contributed by atoms with E-state index in [-0.39, 0.29) is 24.5 Å². The third-order valence-corrected chi connectivity index (χ3v) is 4.19. The molecule has 1 aromatic heterocycles. The average Bonchev–Trinajstić information content (AvgIpc) is 3.09. The molecule has 4 nitrogen and oxygen atoms in total. The molecule has 1 aromatic carbocycles. The summed E-state index contributed by atoms with van der Waals surface area (Å²) < 4.78 is 5.57. The number of ether oxygens (including phenoxy) is 1. The molecule has 0 saturated carbocycles. The standard InChI is InChI=1S/C18H21NO3S/c1-2-3-12-22-15-8-6-14(7-9-15)19-18(21)11-10-16(20)17-5-4-13-23-17/h4-9,13H,2-3,10-12H2,1H3,(H,19,21). The highest BCUT2D eigenvalue weighted by molar-refractivity contribution is 7.12. The van der Waals surface area contributed by atoms with Gasteiger partial charge in [0, 0.05) is 18.5 Å². The first-order valence-corrected chi connectivity index (χ1v) is 8.66. The number of Topliss-reactive ketones (excluding diaryl/α,β-unsaturated/α-hetero) is 1. The highest BCUT2D eigenvalue weighted by atomic mass is 32.1. The van der Waals surface area contributed by atoms with Crippen molar-refractivity contribution in [3.63, 3.8) is 0 Å². The number of anilines is 1. The van der Waals surface area contributed by atoms with Gasteiger partial charge >= 0.3 is 0 Å². The van der Waals surface area contributed by atoms with Crippen molar-refractivity contribution >= 4 is 28.7 Å². The van der Waals surface area contributed by atoms with E-state index in [1.165, 1.54) is 11.3 Å². The summed E-state index contributed by atoms with van der Waals surface area (Å²) in [5.74, 6) is 0.647. The lowest BCUT2D eigenvalue weighted by molar-refractivity contribution is -0.116. The summed E-state index contributed by atoms with van der Waals surface area (Å²) in [6.45, 7) is 2.82. The molecule has 1 amide bonds. The van der Waals surface area contributed by atoms with Crippen LogP contribution in [0.4, 0.5) is 5.69 Å². The molecular weight excluding hydrogens is 310 g/mol. The van der Waals surface area contributed by atoms with Crippen molar-refractivity contribution in [3.8, 4) is 5.75 Å². The van der Waals surface area contributed by atoms with Gasteiger partial charge < -0.3 is 10.1 Å². The van der Waals surface area contributed by atoms with E-state index in [2.05, 4.69) is 12.2 Å². The topological polar surface area (TPSA) is 55.4 Å². The first-order chi connectivity index (χ1) is 11.2. The van der Waals surface area contributed by atoms with Crippen LogP contribution in [0.25, 0.3) is 0 Å². The van der Waals surface area contributed by atoms with Crippen molar-refractivity contribution in [1.82, 2.24) is 0 Å². The number of hydrogen-bond acceptors (Lipinski definition) is 4. The van der Waals surface area contributed by atoms with Crippen molar-refractivity contribution in [3.05, 3.63) is 46.7 Å². The largest absolute Gasteiger partial charge is 0.494 e. The second-order valence-electron chi connectivity index (χ2n) is 5.18. The van der Waals surface area contributed by atoms with Crippen LogP contribution in [0, 0.1) is 0 Å². The van der Waals surface area contributed by atoms with Crippen LogP contribution in [0.2, 0.25) is 0 Å². The van der Waals surface area contributed by atoms with Crippen LogP contribution in [0.15, 0.2) is 41.8 Å². The first kappa shape index (κ1) is 17.2. The molecule has 122 valence electrons. The smallest absolute Gasteiger partial charge is 0.224 e. The zero-order valence-electron chi connectivity index (χ0n) is 13.2. The van der Waals surface area contributed by atoms with Gasteiger partial charge in [0.2, 0.25) is 5.91 Å². The van der Waals surface area contributed by atoms with Crippen LogP contribution >= 0.6 is 11.3 Å². The summed E-state index contributed by atoms with van der Waals surface area (Å²) >= 11 is 1.40. The molecule has 0 aliphatic heterocycles. The van der Waals surface area contributed by atoms with Crippen LogP contribution in [-0.2, 0) is 4.79 Å². The molecule has 0 fully saturated rings. The van der Waals surface area contributed by atoms with E-state index in [1.807, 2.05) is 23.6 Å². The number of rotatable bonds is 9. The van der Waals surface area contributed by atoms with Crippen LogP contribution < -0.4 is 10.1 Å². The lowest BCUT2D eigenvalue weighted by Gasteiger charge is -2.08. The summed E-state index contributed by atoms with van der Waals surface area (Å²) in [7, 11) is 0. The van der Waals surface area contributed by atoms with Gasteiger partial charge in [-0.1, -0.05) is 19.4 Å². The molecule has 0 bridgehead atoms. The molecule has 5 heteroatoms. The Morgan fingerprint density at radius 3 is 2.57 bits per heavy atom. The van der Waals surface area contributed by atoms with Crippen molar-refractivity contribution in [2.45, 2.75) is 32.6 Å². The lowest BCUT2D eigenvalue weighted by Crippen LogP contribution is -2.13. The number of ketones is 1. The van der Waals surface area contributed by atoms with Crippen molar-refractivity contribution in [2.75, 3.05) is 11.9 Å². The summed E-state index contributed by atoms with van der Waals surface area (Å²) in [6.07, 6.45) is 2.53. The number of nitrogens with one attached hydrogen (secondary N) is 1. The second-order valence-corrected chi connectivity index (χ2v) is 6.12. The molecule has 1 heterocycles. The fourth-order valence-electron chi connectivity index (χ4n) is 1.98. The van der Waals surface area contributed by atoms with Crippen LogP contribution in [0.3, 0.4) is 0 Å². The number of carbonyl (C=O) groups is 2. The van der Waals surface area contributed by atoms with Crippen molar-refractivity contribution in [1.29, 1.82) is 0 Å². The van der Waals surface area contributed by atoms with Gasteiger partial charge in [0.1, 0.15) is 5.75 Å². The maximum atomic E-state index is 11.9. The Kier molecular flexibility index (Phi) is 6.81. The predicted octanol–water partition coefficient (Wildman–Crippen LogP) is 4.53. The minimum atomic E-state index is -0.158. The third kappa shape index (κ3) is 5.87. The SMILES string of the molecule is CCCCOc1ccc(NC(=O)CCC(=O)c2cccs2)cc1. The van der Waals surface area contributed by atoms with E-state index in [0.29, 0.717) is 17.2 Å². The maximum absolute atomic E-state index is 11.9. The van der Waals surface area contributed by atoms with Crippen LogP contribution in [0.1, 0.15) is 42.3 Å². The quantitative estimate of drug-likeness (QED) is 0.542. The van der Waals surface area contributed by atoms with E-state index in [1.54, 1.807) is 18.2 Å². The van der Waals surface area contributed by atoms with Crippen molar-refractivity contribution < 1.29 is 14.3 Å². The molecule has 1 N–H and O–H groups in total. The van der Waals surface area contributed by atoms with Gasteiger partial charge in [-0.05, 0) is 42.1 Å². The van der Waals surface area contributed by atoms with E-state index in [0.717, 1.165) is 18.6 Å². The molecule has 0 unspecified atom stereocenters. The fourth-order valence-corrected chi connectivity index (χ4v) is 2.67. The minimum absolute atomic E-state index is 0.00909. The van der Waals surface area contributed by atoms with Gasteiger partial charge in [-0.2, -0.15) is 0 Å². The molecule has 0 aliphatic carbocycles. The lowest BCUT2D eigenvalue weighted by atomic mass is 10.2. The van der Waals surface area contributed by atoms with Crippen molar-refractivity contribution in [2.24, 2.45) is 0 Å². The van der Waals surface area contributed by atoms with Gasteiger partial charge in [-0.3, -0.25) is 9.59 Å². The minimum Gasteiger partial charge on any atom is -0.494 e. The number of thiophene rings is 1. The van der Waals surface area contributed by atoms with Crippen LogP contribution in [-0.4, -0.2) is 18.3 Å². The second kappa shape index (κ2) is 9.10. The predicted molar refractivity (Wildman–Crippen MR) is 93.4 cm³/mol. The Morgan fingerprint density at radius 2 is 1.91 bits per heavy atom. The summed E-state index contributed by atoms with van der Waals surface area (Å²) in [5.41, 5.74) is 0.710. The number of hydrogen-bond donors (Lipinski definition) is 1. The third-order valence-electron chi connectivity index (χ3n) is 3.28. The number of carbonyl (C=O) groups excluding carboxylic acids is 2. The molecule has 0 saturated heterocycles. The van der Waals surface area contributed by atoms with Crippen LogP contribution in [0.5, 0.6) is 5.75 Å². The molecule has 0 aliphatic rings. The Balaban J connectivity index is 1.75. The molecule has 0 atom stereocenters. The van der Waals surface area contributed by atoms with E-state index in [4.69, 9.17) is 4.74 Å². The summed E-state index contributed by atoms with van der Waals surface area (Å²) in [6, 6.07) is 10.9. The highest BCUT2D eigenvalue weighted by Crippen LogP contribution is 2.17. The molecule has 2 aromatic rings. The Labute approximate surface area is 140 Å². The molecule has 2 rings (SSSR count). The monoisotopic (exact) mass is 331 g/mol. The molecule has 23 heavy (non-hydrogen) atoms. The fraction of sp³-hybridized carbons (Fsp3) is 0.333. The van der Waals surface area contributed by atoms with E-state index in [9.17, 15) is 9.59 Å². The summed E-state index contributed by atoms with van der Waals surface area (Å²) in [4.78, 5) is 24.4. The highest BCUT2D eigenvalue weighted by Gasteiger charge is 2.10. The van der Waals surface area contributed by atoms with Gasteiger partial charge in [0.15, 0.2) is 5.78 Å². The first-order valence-electron chi connectivity index (χ1n) is 7.78. The van der Waals surface area contributed by atoms with Gasteiger partial charge in [0.25, 0.3) is 0 Å². The zero-order chi connectivity index (χ0) is 16.5. The average molecular weight is 331 g/mol. The summed E-state index contributed by atoms with van der Waals surface area (Å²) in [5, 5.41) is 4.65.